The molecule has 2 unspecified atom stereocenters. The van der Waals surface area contributed by atoms with Crippen LogP contribution in [0.3, 0.4) is 0 Å². The summed E-state index contributed by atoms with van der Waals surface area (Å²) < 4.78 is 5.63. The third kappa shape index (κ3) is 2.86. The molecule has 0 aliphatic carbocycles. The highest BCUT2D eigenvalue weighted by Crippen LogP contribution is 2.30. The van der Waals surface area contributed by atoms with Crippen molar-refractivity contribution in [1.29, 1.82) is 0 Å². The van der Waals surface area contributed by atoms with E-state index < -0.39 is 5.54 Å². The Balaban J connectivity index is 2.25. The Kier molecular flexibility index (Phi) is 4.78. The maximum absolute atomic E-state index is 12.2. The Bertz CT molecular complexity index is 441. The molecule has 1 aromatic carbocycles. The normalized spacial score (nSPS) is 21.9. The Labute approximate surface area is 120 Å². The van der Waals surface area contributed by atoms with E-state index >= 15 is 0 Å². The molecule has 3 N–H and O–H groups in total. The number of hydrogen-bond acceptors (Lipinski definition) is 3. The van der Waals surface area contributed by atoms with Gasteiger partial charge >= 0.3 is 0 Å². The second-order valence-electron chi connectivity index (χ2n) is 5.71. The predicted molar refractivity (Wildman–Crippen MR) is 79.1 cm³/mol. The van der Waals surface area contributed by atoms with Crippen molar-refractivity contribution >= 4 is 5.91 Å². The minimum Gasteiger partial charge on any atom is -0.377 e. The highest BCUT2D eigenvalue weighted by molar-refractivity contribution is 5.86. The number of hydrogen-bond donors (Lipinski definition) is 2. The zero-order valence-corrected chi connectivity index (χ0v) is 12.3. The molecule has 1 heterocycles. The molecular weight excluding hydrogens is 252 g/mol. The first kappa shape index (κ1) is 15.0. The van der Waals surface area contributed by atoms with Gasteiger partial charge in [0.25, 0.3) is 0 Å². The fourth-order valence-electron chi connectivity index (χ4n) is 2.93. The average molecular weight is 276 g/mol. The predicted octanol–water partition coefficient (Wildman–Crippen LogP) is 1.79. The molecule has 0 bridgehead atoms. The molecule has 2 atom stereocenters. The van der Waals surface area contributed by atoms with Gasteiger partial charge in [-0.25, -0.2) is 0 Å². The summed E-state index contributed by atoms with van der Waals surface area (Å²) in [6, 6.07) is 9.71. The van der Waals surface area contributed by atoms with Gasteiger partial charge in [-0.15, -0.1) is 0 Å². The minimum atomic E-state index is -0.840. The first-order valence-electron chi connectivity index (χ1n) is 7.29. The number of amides is 1. The number of nitrogens with one attached hydrogen (secondary N) is 1. The number of rotatable bonds is 6. The molecule has 1 amide bonds. The summed E-state index contributed by atoms with van der Waals surface area (Å²) in [4.78, 5) is 12.2. The Hall–Kier alpha value is -1.39. The summed E-state index contributed by atoms with van der Waals surface area (Å²) in [7, 11) is 0. The Morgan fingerprint density at radius 1 is 1.45 bits per heavy atom. The molecule has 20 heavy (non-hydrogen) atoms. The molecule has 1 aliphatic heterocycles. The molecule has 0 saturated carbocycles. The van der Waals surface area contributed by atoms with E-state index in [1.54, 1.807) is 0 Å². The number of carbonyl (C=O) groups excluding carboxylic acids is 1. The van der Waals surface area contributed by atoms with Gasteiger partial charge in [0, 0.05) is 13.2 Å². The summed E-state index contributed by atoms with van der Waals surface area (Å²) in [5.74, 6) is -0.277. The van der Waals surface area contributed by atoms with Gasteiger partial charge in [-0.1, -0.05) is 44.2 Å². The van der Waals surface area contributed by atoms with Crippen LogP contribution in [-0.4, -0.2) is 25.2 Å². The van der Waals surface area contributed by atoms with Gasteiger partial charge in [-0.05, 0) is 24.3 Å². The second kappa shape index (κ2) is 6.37. The van der Waals surface area contributed by atoms with Crippen LogP contribution >= 0.6 is 0 Å². The van der Waals surface area contributed by atoms with E-state index in [4.69, 9.17) is 10.5 Å². The van der Waals surface area contributed by atoms with Gasteiger partial charge in [0.05, 0.1) is 6.10 Å². The quantitative estimate of drug-likeness (QED) is 0.832. The van der Waals surface area contributed by atoms with Crippen molar-refractivity contribution in [2.24, 2.45) is 11.7 Å². The molecule has 0 aromatic heterocycles. The van der Waals surface area contributed by atoms with Crippen LogP contribution in [0.25, 0.3) is 0 Å². The van der Waals surface area contributed by atoms with Crippen LogP contribution in [0.4, 0.5) is 0 Å². The van der Waals surface area contributed by atoms with E-state index in [-0.39, 0.29) is 17.9 Å². The fraction of sp³-hybridized carbons (Fsp3) is 0.562. The van der Waals surface area contributed by atoms with Crippen molar-refractivity contribution in [2.45, 2.75) is 38.3 Å². The zero-order valence-electron chi connectivity index (χ0n) is 12.3. The van der Waals surface area contributed by atoms with Crippen LogP contribution in [0.2, 0.25) is 0 Å². The van der Waals surface area contributed by atoms with Crippen LogP contribution in [0.5, 0.6) is 0 Å². The van der Waals surface area contributed by atoms with Crippen LogP contribution in [0.15, 0.2) is 30.3 Å². The molecule has 2 rings (SSSR count). The third-order valence-electron chi connectivity index (χ3n) is 4.12. The monoisotopic (exact) mass is 276 g/mol. The van der Waals surface area contributed by atoms with E-state index in [1.165, 1.54) is 0 Å². The SMILES string of the molecule is CC(C)C(NCC1CCCO1)(C(N)=O)c1ccccc1. The van der Waals surface area contributed by atoms with Crippen LogP contribution in [-0.2, 0) is 15.1 Å². The molecular formula is C16H24N2O2. The third-order valence-corrected chi connectivity index (χ3v) is 4.12. The van der Waals surface area contributed by atoms with Gasteiger partial charge < -0.3 is 10.5 Å². The zero-order chi connectivity index (χ0) is 14.6. The number of benzene rings is 1. The highest BCUT2D eigenvalue weighted by Gasteiger charge is 2.41. The van der Waals surface area contributed by atoms with E-state index in [2.05, 4.69) is 5.32 Å². The van der Waals surface area contributed by atoms with Crippen molar-refractivity contribution in [2.75, 3.05) is 13.2 Å². The lowest BCUT2D eigenvalue weighted by atomic mass is 9.79. The van der Waals surface area contributed by atoms with Crippen molar-refractivity contribution in [3.63, 3.8) is 0 Å². The summed E-state index contributed by atoms with van der Waals surface area (Å²) in [6.45, 7) is 5.49. The van der Waals surface area contributed by atoms with Gasteiger partial charge in [0.15, 0.2) is 0 Å². The number of ether oxygens (including phenoxy) is 1. The first-order valence-corrected chi connectivity index (χ1v) is 7.29. The Morgan fingerprint density at radius 2 is 2.15 bits per heavy atom. The smallest absolute Gasteiger partial charge is 0.242 e. The van der Waals surface area contributed by atoms with Gasteiger partial charge in [0.2, 0.25) is 5.91 Å². The van der Waals surface area contributed by atoms with E-state index in [0.717, 1.165) is 25.0 Å². The minimum absolute atomic E-state index is 0.0591. The van der Waals surface area contributed by atoms with Crippen LogP contribution < -0.4 is 11.1 Å². The number of primary amides is 1. The molecule has 110 valence electrons. The van der Waals surface area contributed by atoms with Crippen molar-refractivity contribution in [3.8, 4) is 0 Å². The number of nitrogens with two attached hydrogens (primary N) is 1. The fourth-order valence-corrected chi connectivity index (χ4v) is 2.93. The molecule has 0 spiro atoms. The van der Waals surface area contributed by atoms with E-state index in [1.807, 2.05) is 44.2 Å². The second-order valence-corrected chi connectivity index (χ2v) is 5.71. The van der Waals surface area contributed by atoms with Crippen LogP contribution in [0.1, 0.15) is 32.3 Å². The molecule has 4 heteroatoms. The van der Waals surface area contributed by atoms with Gasteiger partial charge in [0.1, 0.15) is 5.54 Å². The topological polar surface area (TPSA) is 64.3 Å². The average Bonchev–Trinajstić information content (AvgIpc) is 2.93. The summed E-state index contributed by atoms with van der Waals surface area (Å²) in [6.07, 6.45) is 2.30. The summed E-state index contributed by atoms with van der Waals surface area (Å²) >= 11 is 0. The van der Waals surface area contributed by atoms with E-state index in [9.17, 15) is 4.79 Å². The first-order chi connectivity index (χ1) is 9.57. The molecule has 0 radical (unpaired) electrons. The maximum Gasteiger partial charge on any atom is 0.242 e. The standard InChI is InChI=1S/C16H24N2O2/c1-12(2)16(15(17)19,13-7-4-3-5-8-13)18-11-14-9-6-10-20-14/h3-5,7-8,12,14,18H,6,9-11H2,1-2H3,(H2,17,19). The lowest BCUT2D eigenvalue weighted by molar-refractivity contribution is -0.127. The van der Waals surface area contributed by atoms with Crippen LogP contribution in [0, 0.1) is 5.92 Å². The maximum atomic E-state index is 12.2. The number of carbonyl (C=O) groups is 1. The van der Waals surface area contributed by atoms with Crippen molar-refractivity contribution < 1.29 is 9.53 Å². The van der Waals surface area contributed by atoms with Crippen molar-refractivity contribution in [3.05, 3.63) is 35.9 Å². The molecule has 4 nitrogen and oxygen atoms in total. The van der Waals surface area contributed by atoms with Crippen molar-refractivity contribution in [1.82, 2.24) is 5.32 Å². The molecule has 1 fully saturated rings. The summed E-state index contributed by atoms with van der Waals surface area (Å²) in [5, 5.41) is 3.39. The molecule has 1 aliphatic rings. The van der Waals surface area contributed by atoms with Gasteiger partial charge in [-0.2, -0.15) is 0 Å². The highest BCUT2D eigenvalue weighted by atomic mass is 16.5. The molecule has 1 aromatic rings. The largest absolute Gasteiger partial charge is 0.377 e. The van der Waals surface area contributed by atoms with Gasteiger partial charge in [-0.3, -0.25) is 10.1 Å². The lowest BCUT2D eigenvalue weighted by Gasteiger charge is -2.37. The van der Waals surface area contributed by atoms with E-state index in [0.29, 0.717) is 6.54 Å². The Morgan fingerprint density at radius 3 is 2.65 bits per heavy atom. The summed E-state index contributed by atoms with van der Waals surface area (Å²) in [5.41, 5.74) is 5.82. The lowest BCUT2D eigenvalue weighted by Crippen LogP contribution is -2.57. The molecule has 1 saturated heterocycles.